The van der Waals surface area contributed by atoms with Crippen LogP contribution in [0.25, 0.3) is 23.2 Å². The first kappa shape index (κ1) is 25.9. The molecular formula is C26H21Cl2N5O4. The van der Waals surface area contributed by atoms with E-state index in [1.54, 1.807) is 63.4 Å². The van der Waals surface area contributed by atoms with Gasteiger partial charge in [0.25, 0.3) is 0 Å². The summed E-state index contributed by atoms with van der Waals surface area (Å²) in [5.74, 6) is 0.694. The first-order valence-electron chi connectivity index (χ1n) is 11.0. The van der Waals surface area contributed by atoms with Crippen LogP contribution in [0, 0.1) is 11.3 Å². The second kappa shape index (κ2) is 10.5. The monoisotopic (exact) mass is 537 g/mol. The molecule has 1 aromatic carbocycles. The Labute approximate surface area is 222 Å². The number of pyridine rings is 2. The molecule has 3 heterocycles. The van der Waals surface area contributed by atoms with Gasteiger partial charge in [0, 0.05) is 22.7 Å². The molecule has 9 nitrogen and oxygen atoms in total. The molecule has 0 aliphatic heterocycles. The lowest BCUT2D eigenvalue weighted by Gasteiger charge is -2.18. The van der Waals surface area contributed by atoms with E-state index >= 15 is 0 Å². The molecule has 0 radical (unpaired) electrons. The van der Waals surface area contributed by atoms with Gasteiger partial charge >= 0.3 is 6.09 Å². The van der Waals surface area contributed by atoms with Gasteiger partial charge in [-0.2, -0.15) is 10.4 Å². The van der Waals surface area contributed by atoms with Crippen molar-refractivity contribution in [2.45, 2.75) is 26.4 Å². The summed E-state index contributed by atoms with van der Waals surface area (Å²) in [6, 6.07) is 11.8. The van der Waals surface area contributed by atoms with E-state index in [0.717, 1.165) is 4.68 Å². The third kappa shape index (κ3) is 6.00. The zero-order chi connectivity index (χ0) is 26.7. The summed E-state index contributed by atoms with van der Waals surface area (Å²) in [7, 11) is 1.43. The van der Waals surface area contributed by atoms with Gasteiger partial charge in [-0.3, -0.25) is 0 Å². The Morgan fingerprint density at radius 3 is 2.65 bits per heavy atom. The summed E-state index contributed by atoms with van der Waals surface area (Å²) < 4.78 is 17.8. The summed E-state index contributed by atoms with van der Waals surface area (Å²) in [4.78, 5) is 21.4. The number of nitriles is 1. The summed E-state index contributed by atoms with van der Waals surface area (Å²) >= 11 is 12.5. The van der Waals surface area contributed by atoms with Gasteiger partial charge in [0.1, 0.15) is 16.4 Å². The summed E-state index contributed by atoms with van der Waals surface area (Å²) in [6.45, 7) is 5.32. The fraction of sp³-hybridized carbons (Fsp3) is 0.192. The van der Waals surface area contributed by atoms with Gasteiger partial charge in [0.05, 0.1) is 30.1 Å². The van der Waals surface area contributed by atoms with Crippen LogP contribution in [0.2, 0.25) is 10.0 Å². The van der Waals surface area contributed by atoms with Crippen molar-refractivity contribution in [2.24, 2.45) is 0 Å². The number of aromatic nitrogens is 4. The van der Waals surface area contributed by atoms with Crippen molar-refractivity contribution in [1.29, 1.82) is 5.26 Å². The SMILES string of the molecule is COc1nc(C=Cc2nn(C(=O)OC(C)(C)C)c3ncccc23)cc(Oc2cc(Cl)cc(C#N)c2)c1Cl. The van der Waals surface area contributed by atoms with Crippen molar-refractivity contribution in [3.8, 4) is 23.4 Å². The molecule has 0 unspecified atom stereocenters. The lowest BCUT2D eigenvalue weighted by atomic mass is 10.2. The molecule has 0 spiro atoms. The molecular weight excluding hydrogens is 517 g/mol. The Morgan fingerprint density at radius 1 is 1.16 bits per heavy atom. The number of nitrogens with zero attached hydrogens (tertiary/aromatic N) is 5. The number of hydrogen-bond acceptors (Lipinski definition) is 8. The maximum absolute atomic E-state index is 12.7. The Hall–Kier alpha value is -4.13. The van der Waals surface area contributed by atoms with Gasteiger partial charge in [-0.1, -0.05) is 23.2 Å². The molecule has 11 heteroatoms. The average molecular weight is 538 g/mol. The molecule has 4 rings (SSSR count). The van der Waals surface area contributed by atoms with Crippen LogP contribution < -0.4 is 9.47 Å². The number of fused-ring (bicyclic) bond motifs is 1. The molecule has 0 aliphatic carbocycles. The van der Waals surface area contributed by atoms with E-state index in [0.29, 0.717) is 38.8 Å². The zero-order valence-corrected chi connectivity index (χ0v) is 21.8. The van der Waals surface area contributed by atoms with Crippen molar-refractivity contribution < 1.29 is 19.0 Å². The average Bonchev–Trinajstić information content (AvgIpc) is 3.22. The zero-order valence-electron chi connectivity index (χ0n) is 20.3. The first-order valence-corrected chi connectivity index (χ1v) is 11.7. The normalized spacial score (nSPS) is 11.5. The minimum atomic E-state index is -0.697. The Balaban J connectivity index is 1.71. The number of methoxy groups -OCH3 is 1. The van der Waals surface area contributed by atoms with Gasteiger partial charge in [-0.15, -0.1) is 4.68 Å². The van der Waals surface area contributed by atoms with E-state index in [9.17, 15) is 10.1 Å². The van der Waals surface area contributed by atoms with Crippen LogP contribution in [0.1, 0.15) is 37.7 Å². The number of halogens is 2. The molecule has 0 aliphatic rings. The highest BCUT2D eigenvalue weighted by atomic mass is 35.5. The van der Waals surface area contributed by atoms with Crippen LogP contribution in [0.4, 0.5) is 4.79 Å². The minimum Gasteiger partial charge on any atom is -0.480 e. The topological polar surface area (TPSA) is 112 Å². The van der Waals surface area contributed by atoms with Crippen molar-refractivity contribution in [3.63, 3.8) is 0 Å². The molecule has 188 valence electrons. The number of rotatable bonds is 5. The molecule has 37 heavy (non-hydrogen) atoms. The summed E-state index contributed by atoms with van der Waals surface area (Å²) in [5.41, 5.74) is 0.901. The molecule has 3 aromatic heterocycles. The van der Waals surface area contributed by atoms with E-state index in [-0.39, 0.29) is 16.7 Å². The predicted molar refractivity (Wildman–Crippen MR) is 140 cm³/mol. The quantitative estimate of drug-likeness (QED) is 0.274. The van der Waals surface area contributed by atoms with E-state index in [1.165, 1.54) is 19.2 Å². The van der Waals surface area contributed by atoms with E-state index in [1.807, 2.05) is 6.07 Å². The molecule has 0 bridgehead atoms. The molecule has 0 fully saturated rings. The maximum Gasteiger partial charge on any atom is 0.437 e. The predicted octanol–water partition coefficient (Wildman–Crippen LogP) is 6.76. The maximum atomic E-state index is 12.7. The fourth-order valence-corrected chi connectivity index (χ4v) is 3.74. The van der Waals surface area contributed by atoms with Crippen LogP contribution in [0.3, 0.4) is 0 Å². The highest BCUT2D eigenvalue weighted by Crippen LogP contribution is 2.37. The fourth-order valence-electron chi connectivity index (χ4n) is 3.30. The van der Waals surface area contributed by atoms with E-state index < -0.39 is 11.7 Å². The lowest BCUT2D eigenvalue weighted by molar-refractivity contribution is 0.0521. The van der Waals surface area contributed by atoms with Gasteiger partial charge in [0.15, 0.2) is 11.4 Å². The molecule has 4 aromatic rings. The Bertz CT molecular complexity index is 1570. The number of carbonyl (C=O) groups excluding carboxylic acids is 1. The molecule has 0 amide bonds. The molecule has 0 N–H and O–H groups in total. The lowest BCUT2D eigenvalue weighted by Crippen LogP contribution is -2.27. The molecule has 0 saturated heterocycles. The standard InChI is InChI=1S/C26H21Cl2N5O4/c1-26(2,3)37-25(34)33-23-19(6-5-9-30-23)20(32-33)8-7-17-13-21(22(28)24(31-17)35-4)36-18-11-15(14-29)10-16(27)12-18/h5-13H,1-4H3. The van der Waals surface area contributed by atoms with E-state index in [4.69, 9.17) is 37.4 Å². The summed E-state index contributed by atoms with van der Waals surface area (Å²) in [6.07, 6.45) is 4.27. The van der Waals surface area contributed by atoms with Crippen LogP contribution in [-0.4, -0.2) is 38.6 Å². The van der Waals surface area contributed by atoms with Crippen molar-refractivity contribution >= 4 is 52.5 Å². The van der Waals surface area contributed by atoms with Gasteiger partial charge in [-0.05, 0) is 63.3 Å². The second-order valence-electron chi connectivity index (χ2n) is 8.74. The van der Waals surface area contributed by atoms with Crippen LogP contribution in [0.5, 0.6) is 17.4 Å². The van der Waals surface area contributed by atoms with Gasteiger partial charge in [0.2, 0.25) is 5.88 Å². The Morgan fingerprint density at radius 2 is 1.95 bits per heavy atom. The van der Waals surface area contributed by atoms with E-state index in [2.05, 4.69) is 15.1 Å². The largest absolute Gasteiger partial charge is 0.480 e. The second-order valence-corrected chi connectivity index (χ2v) is 9.56. The minimum absolute atomic E-state index is 0.132. The number of carbonyl (C=O) groups is 1. The molecule has 0 atom stereocenters. The summed E-state index contributed by atoms with van der Waals surface area (Å²) in [5, 5.41) is 14.7. The van der Waals surface area contributed by atoms with Crippen molar-refractivity contribution in [2.75, 3.05) is 7.11 Å². The molecule has 0 saturated carbocycles. The number of hydrogen-bond donors (Lipinski definition) is 0. The third-order valence-corrected chi connectivity index (χ3v) is 5.35. The first-order chi connectivity index (χ1) is 17.6. The van der Waals surface area contributed by atoms with Crippen molar-refractivity contribution in [3.05, 3.63) is 69.6 Å². The number of ether oxygens (including phenoxy) is 3. The van der Waals surface area contributed by atoms with Crippen LogP contribution in [0.15, 0.2) is 42.6 Å². The van der Waals surface area contributed by atoms with Crippen molar-refractivity contribution in [1.82, 2.24) is 19.7 Å². The third-order valence-electron chi connectivity index (χ3n) is 4.78. The van der Waals surface area contributed by atoms with Crippen LogP contribution in [-0.2, 0) is 4.74 Å². The number of benzene rings is 1. The smallest absolute Gasteiger partial charge is 0.437 e. The van der Waals surface area contributed by atoms with Crippen LogP contribution >= 0.6 is 23.2 Å². The van der Waals surface area contributed by atoms with Gasteiger partial charge < -0.3 is 14.2 Å². The highest BCUT2D eigenvalue weighted by molar-refractivity contribution is 6.33. The van der Waals surface area contributed by atoms with Gasteiger partial charge in [-0.25, -0.2) is 14.8 Å². The Kier molecular flexibility index (Phi) is 7.34. The highest BCUT2D eigenvalue weighted by Gasteiger charge is 2.22.